The van der Waals surface area contributed by atoms with Crippen LogP contribution in [-0.2, 0) is 11.2 Å². The van der Waals surface area contributed by atoms with Gasteiger partial charge in [-0.15, -0.1) is 0 Å². The van der Waals surface area contributed by atoms with E-state index < -0.39 is 0 Å². The van der Waals surface area contributed by atoms with Crippen LogP contribution in [0.25, 0.3) is 11.5 Å². The lowest BCUT2D eigenvalue weighted by Crippen LogP contribution is -2.06. The molecule has 20 heavy (non-hydrogen) atoms. The van der Waals surface area contributed by atoms with E-state index in [1.165, 1.54) is 0 Å². The molecule has 0 aliphatic carbocycles. The molecule has 2 rings (SSSR count). The van der Waals surface area contributed by atoms with Gasteiger partial charge in [-0.05, 0) is 41.9 Å². The van der Waals surface area contributed by atoms with Crippen LogP contribution in [0.4, 0.5) is 0 Å². The van der Waals surface area contributed by atoms with Gasteiger partial charge in [0.15, 0.2) is 5.75 Å². The number of pyridine rings is 1. The van der Waals surface area contributed by atoms with Crippen LogP contribution >= 0.6 is 15.9 Å². The topological polar surface area (TPSA) is 70.3 Å². The highest BCUT2D eigenvalue weighted by Crippen LogP contribution is 2.25. The number of methoxy groups -OCH3 is 1. The van der Waals surface area contributed by atoms with Crippen molar-refractivity contribution in [3.8, 4) is 17.3 Å². The Morgan fingerprint density at radius 2 is 2.10 bits per heavy atom. The summed E-state index contributed by atoms with van der Waals surface area (Å²) >= 11 is 3.33. The average Bonchev–Trinajstić information content (AvgIpc) is 2.87. The molecule has 0 bridgehead atoms. The lowest BCUT2D eigenvalue weighted by molar-refractivity contribution is 0.0773. The minimum absolute atomic E-state index is 0.191. The minimum atomic E-state index is 0.191. The number of aromatic nitrogens is 3. The molecule has 7 heteroatoms. The van der Waals surface area contributed by atoms with Crippen molar-refractivity contribution in [3.05, 3.63) is 22.6 Å². The van der Waals surface area contributed by atoms with Gasteiger partial charge in [0.25, 0.3) is 0 Å². The van der Waals surface area contributed by atoms with E-state index in [9.17, 15) is 0 Å². The summed E-state index contributed by atoms with van der Waals surface area (Å²) in [5, 5.41) is 3.91. The van der Waals surface area contributed by atoms with Crippen LogP contribution in [0.15, 0.2) is 21.3 Å². The molecule has 0 N–H and O–H groups in total. The summed E-state index contributed by atoms with van der Waals surface area (Å²) in [6, 6.07) is 3.58. The van der Waals surface area contributed by atoms with E-state index in [1.807, 2.05) is 13.8 Å². The third-order valence-electron chi connectivity index (χ3n) is 2.50. The van der Waals surface area contributed by atoms with Gasteiger partial charge in [0, 0.05) is 0 Å². The molecule has 0 spiro atoms. The minimum Gasteiger partial charge on any atom is -0.494 e. The Morgan fingerprint density at radius 3 is 2.75 bits per heavy atom. The maximum absolute atomic E-state index is 5.44. The van der Waals surface area contributed by atoms with Gasteiger partial charge in [-0.2, -0.15) is 4.98 Å². The Kier molecular flexibility index (Phi) is 5.08. The fourth-order valence-corrected chi connectivity index (χ4v) is 2.03. The zero-order chi connectivity index (χ0) is 14.5. The molecule has 0 fully saturated rings. The molecule has 0 radical (unpaired) electrons. The van der Waals surface area contributed by atoms with Crippen molar-refractivity contribution in [1.29, 1.82) is 0 Å². The smallest absolute Gasteiger partial charge is 0.229 e. The molecule has 2 heterocycles. The van der Waals surface area contributed by atoms with Crippen molar-refractivity contribution < 1.29 is 14.0 Å². The fourth-order valence-electron chi connectivity index (χ4n) is 1.54. The lowest BCUT2D eigenvalue weighted by atomic mass is 10.3. The molecular weight excluding hydrogens is 326 g/mol. The van der Waals surface area contributed by atoms with Gasteiger partial charge >= 0.3 is 0 Å². The van der Waals surface area contributed by atoms with Gasteiger partial charge in [0.1, 0.15) is 10.3 Å². The molecule has 0 aromatic carbocycles. The van der Waals surface area contributed by atoms with Crippen molar-refractivity contribution in [2.45, 2.75) is 26.4 Å². The molecule has 0 unspecified atom stereocenters. The van der Waals surface area contributed by atoms with Gasteiger partial charge in [0.05, 0.1) is 26.2 Å². The quantitative estimate of drug-likeness (QED) is 0.752. The second-order valence-electron chi connectivity index (χ2n) is 4.37. The van der Waals surface area contributed by atoms with Crippen molar-refractivity contribution in [2.75, 3.05) is 13.7 Å². The number of rotatable bonds is 6. The maximum Gasteiger partial charge on any atom is 0.229 e. The summed E-state index contributed by atoms with van der Waals surface area (Å²) in [4.78, 5) is 8.60. The van der Waals surface area contributed by atoms with Crippen LogP contribution in [0.3, 0.4) is 0 Å². The van der Waals surface area contributed by atoms with Gasteiger partial charge < -0.3 is 14.0 Å². The summed E-state index contributed by atoms with van der Waals surface area (Å²) < 4.78 is 16.3. The molecule has 0 amide bonds. The first-order chi connectivity index (χ1) is 9.60. The first kappa shape index (κ1) is 14.9. The van der Waals surface area contributed by atoms with Crippen LogP contribution in [-0.4, -0.2) is 34.9 Å². The number of nitrogens with zero attached hydrogens (tertiary/aromatic N) is 3. The van der Waals surface area contributed by atoms with E-state index >= 15 is 0 Å². The molecule has 0 saturated carbocycles. The highest BCUT2D eigenvalue weighted by atomic mass is 79.9. The van der Waals surface area contributed by atoms with Crippen molar-refractivity contribution in [3.63, 3.8) is 0 Å². The summed E-state index contributed by atoms with van der Waals surface area (Å²) in [5.41, 5.74) is 0.623. The van der Waals surface area contributed by atoms with Gasteiger partial charge in [-0.25, -0.2) is 4.98 Å². The van der Waals surface area contributed by atoms with Crippen molar-refractivity contribution >= 4 is 15.9 Å². The normalized spacial score (nSPS) is 11.1. The van der Waals surface area contributed by atoms with Gasteiger partial charge in [-0.1, -0.05) is 5.16 Å². The van der Waals surface area contributed by atoms with Crippen LogP contribution in [0.5, 0.6) is 5.75 Å². The lowest BCUT2D eigenvalue weighted by Gasteiger charge is -2.04. The standard InChI is InChI=1S/C13H16BrN3O3/c1-8(2)19-7-6-11-16-13(17-20-11)9-4-5-10(18-3)12(14)15-9/h4-5,8H,6-7H2,1-3H3. The highest BCUT2D eigenvalue weighted by Gasteiger charge is 2.12. The zero-order valence-corrected chi connectivity index (χ0v) is 13.2. The van der Waals surface area contributed by atoms with E-state index in [2.05, 4.69) is 31.1 Å². The molecule has 2 aromatic rings. The van der Waals surface area contributed by atoms with Gasteiger partial charge in [0.2, 0.25) is 11.7 Å². The Balaban J connectivity index is 2.06. The molecular formula is C13H16BrN3O3. The summed E-state index contributed by atoms with van der Waals surface area (Å²) in [7, 11) is 1.59. The maximum atomic E-state index is 5.44. The monoisotopic (exact) mass is 341 g/mol. The first-order valence-electron chi connectivity index (χ1n) is 6.25. The molecule has 0 aliphatic heterocycles. The van der Waals surface area contributed by atoms with E-state index in [-0.39, 0.29) is 6.10 Å². The van der Waals surface area contributed by atoms with Crippen molar-refractivity contribution in [1.82, 2.24) is 15.1 Å². The molecule has 0 atom stereocenters. The Morgan fingerprint density at radius 1 is 1.30 bits per heavy atom. The second-order valence-corrected chi connectivity index (χ2v) is 5.12. The van der Waals surface area contributed by atoms with Crippen molar-refractivity contribution in [2.24, 2.45) is 0 Å². The Bertz CT molecular complexity index is 572. The molecule has 108 valence electrons. The van der Waals surface area contributed by atoms with Gasteiger partial charge in [-0.3, -0.25) is 0 Å². The number of halogens is 1. The molecule has 6 nitrogen and oxygen atoms in total. The number of hydrogen-bond acceptors (Lipinski definition) is 6. The predicted octanol–water partition coefficient (Wildman–Crippen LogP) is 2.87. The number of hydrogen-bond donors (Lipinski definition) is 0. The Labute approximate surface area is 125 Å². The molecule has 0 saturated heterocycles. The summed E-state index contributed by atoms with van der Waals surface area (Å²) in [6.07, 6.45) is 0.777. The first-order valence-corrected chi connectivity index (χ1v) is 7.04. The third-order valence-corrected chi connectivity index (χ3v) is 3.07. The third kappa shape index (κ3) is 3.77. The SMILES string of the molecule is COc1ccc(-c2noc(CCOC(C)C)n2)nc1Br. The van der Waals surface area contributed by atoms with Crippen LogP contribution in [0.1, 0.15) is 19.7 Å². The molecule has 2 aromatic heterocycles. The van der Waals surface area contributed by atoms with E-state index in [0.29, 0.717) is 40.8 Å². The van der Waals surface area contributed by atoms with E-state index in [1.54, 1.807) is 19.2 Å². The predicted molar refractivity (Wildman–Crippen MR) is 76.6 cm³/mol. The summed E-state index contributed by atoms with van der Waals surface area (Å²) in [5.74, 6) is 1.64. The van der Waals surface area contributed by atoms with Crippen LogP contribution in [0.2, 0.25) is 0 Å². The summed E-state index contributed by atoms with van der Waals surface area (Å²) in [6.45, 7) is 4.52. The second kappa shape index (κ2) is 6.81. The zero-order valence-electron chi connectivity index (χ0n) is 11.6. The van der Waals surface area contributed by atoms with E-state index in [4.69, 9.17) is 14.0 Å². The van der Waals surface area contributed by atoms with E-state index in [0.717, 1.165) is 0 Å². The number of ether oxygens (including phenoxy) is 2. The largest absolute Gasteiger partial charge is 0.494 e. The molecule has 0 aliphatic rings. The average molecular weight is 342 g/mol. The Hall–Kier alpha value is -1.47. The highest BCUT2D eigenvalue weighted by molar-refractivity contribution is 9.10. The van der Waals surface area contributed by atoms with Crippen LogP contribution < -0.4 is 4.74 Å². The van der Waals surface area contributed by atoms with Crippen LogP contribution in [0, 0.1) is 0 Å². The fraction of sp³-hybridized carbons (Fsp3) is 0.462.